The van der Waals surface area contributed by atoms with E-state index in [1.807, 2.05) is 0 Å². The fourth-order valence-corrected chi connectivity index (χ4v) is 2.35. The fraction of sp³-hybridized carbons (Fsp3) is 0.500. The number of amides is 2. The average molecular weight is 281 g/mol. The molecule has 5 heteroatoms. The number of imide groups is 1. The molecule has 1 aromatic heterocycles. The van der Waals surface area contributed by atoms with Crippen LogP contribution in [0.3, 0.4) is 0 Å². The number of aromatic nitrogens is 1. The van der Waals surface area contributed by atoms with Crippen LogP contribution in [0.15, 0.2) is 18.3 Å². The first-order valence-electron chi connectivity index (χ1n) is 6.25. The molecule has 0 bridgehead atoms. The fourth-order valence-electron chi connectivity index (χ4n) is 2.18. The summed E-state index contributed by atoms with van der Waals surface area (Å²) < 4.78 is 0. The molecule has 4 nitrogen and oxygen atoms in total. The minimum absolute atomic E-state index is 0.0145. The molecule has 2 rings (SSSR count). The van der Waals surface area contributed by atoms with Crippen LogP contribution in [-0.4, -0.2) is 28.2 Å². The predicted octanol–water partition coefficient (Wildman–Crippen LogP) is 2.77. The summed E-state index contributed by atoms with van der Waals surface area (Å²) in [7, 11) is 0. The van der Waals surface area contributed by atoms with Gasteiger partial charge in [0.25, 0.3) is 5.91 Å². The Hall–Kier alpha value is -1.42. The van der Waals surface area contributed by atoms with Crippen LogP contribution in [0, 0.1) is 11.3 Å². The molecule has 1 fully saturated rings. The molecule has 1 unspecified atom stereocenters. The summed E-state index contributed by atoms with van der Waals surface area (Å²) in [6.45, 7) is 6.73. The maximum absolute atomic E-state index is 12.3. The van der Waals surface area contributed by atoms with Gasteiger partial charge in [0.1, 0.15) is 5.15 Å². The van der Waals surface area contributed by atoms with Gasteiger partial charge < -0.3 is 0 Å². The third-order valence-corrected chi connectivity index (χ3v) is 3.78. The van der Waals surface area contributed by atoms with E-state index >= 15 is 0 Å². The van der Waals surface area contributed by atoms with E-state index in [4.69, 9.17) is 11.6 Å². The van der Waals surface area contributed by atoms with Crippen molar-refractivity contribution in [2.75, 3.05) is 6.54 Å². The van der Waals surface area contributed by atoms with E-state index in [1.54, 1.807) is 6.07 Å². The van der Waals surface area contributed by atoms with E-state index in [0.29, 0.717) is 18.5 Å². The lowest BCUT2D eigenvalue weighted by Gasteiger charge is -2.26. The number of hydrogen-bond acceptors (Lipinski definition) is 3. The van der Waals surface area contributed by atoms with Gasteiger partial charge in [-0.3, -0.25) is 14.5 Å². The molecule has 1 atom stereocenters. The average Bonchev–Trinajstić information content (AvgIpc) is 2.70. The van der Waals surface area contributed by atoms with Crippen LogP contribution in [0.5, 0.6) is 0 Å². The summed E-state index contributed by atoms with van der Waals surface area (Å²) in [5, 5.41) is 0.255. The van der Waals surface area contributed by atoms with Gasteiger partial charge in [0.05, 0.1) is 0 Å². The van der Waals surface area contributed by atoms with Crippen molar-refractivity contribution >= 4 is 23.4 Å². The highest BCUT2D eigenvalue weighted by molar-refractivity contribution is 6.29. The van der Waals surface area contributed by atoms with Crippen molar-refractivity contribution in [1.29, 1.82) is 0 Å². The molecule has 1 aromatic rings. The van der Waals surface area contributed by atoms with Gasteiger partial charge in [-0.2, -0.15) is 0 Å². The minimum atomic E-state index is -0.291. The zero-order valence-corrected chi connectivity index (χ0v) is 12.1. The zero-order chi connectivity index (χ0) is 14.2. The Morgan fingerprint density at radius 3 is 2.68 bits per heavy atom. The van der Waals surface area contributed by atoms with Crippen molar-refractivity contribution in [3.8, 4) is 0 Å². The van der Waals surface area contributed by atoms with Gasteiger partial charge in [0.15, 0.2) is 0 Å². The standard InChI is InChI=1S/C14H17ClN2O2/c1-14(2,3)10-7-12(18)17(8-10)13(19)9-4-5-16-11(15)6-9/h4-6,10H,7-8H2,1-3H3. The second-order valence-corrected chi connectivity index (χ2v) is 6.33. The van der Waals surface area contributed by atoms with E-state index < -0.39 is 0 Å². The van der Waals surface area contributed by atoms with Gasteiger partial charge in [0.2, 0.25) is 5.91 Å². The van der Waals surface area contributed by atoms with Crippen molar-refractivity contribution in [1.82, 2.24) is 9.88 Å². The van der Waals surface area contributed by atoms with Gasteiger partial charge in [-0.25, -0.2) is 4.98 Å². The summed E-state index contributed by atoms with van der Waals surface area (Å²) in [4.78, 5) is 29.4. The van der Waals surface area contributed by atoms with Gasteiger partial charge in [-0.05, 0) is 23.5 Å². The van der Waals surface area contributed by atoms with E-state index in [0.717, 1.165) is 0 Å². The number of rotatable bonds is 1. The van der Waals surface area contributed by atoms with Crippen LogP contribution >= 0.6 is 11.6 Å². The molecular formula is C14H17ClN2O2. The van der Waals surface area contributed by atoms with Crippen LogP contribution in [0.25, 0.3) is 0 Å². The molecule has 1 aliphatic heterocycles. The first-order chi connectivity index (χ1) is 8.79. The number of nitrogens with zero attached hydrogens (tertiary/aromatic N) is 2. The number of carbonyl (C=O) groups excluding carboxylic acids is 2. The molecule has 0 saturated carbocycles. The van der Waals surface area contributed by atoms with Gasteiger partial charge >= 0.3 is 0 Å². The Bertz CT molecular complexity index is 522. The lowest BCUT2D eigenvalue weighted by atomic mass is 9.80. The van der Waals surface area contributed by atoms with Crippen molar-refractivity contribution in [3.63, 3.8) is 0 Å². The monoisotopic (exact) mass is 280 g/mol. The minimum Gasteiger partial charge on any atom is -0.278 e. The normalized spacial score (nSPS) is 19.9. The molecule has 2 amide bonds. The van der Waals surface area contributed by atoms with E-state index in [2.05, 4.69) is 25.8 Å². The lowest BCUT2D eigenvalue weighted by Crippen LogP contribution is -2.33. The number of hydrogen-bond donors (Lipinski definition) is 0. The van der Waals surface area contributed by atoms with Crippen LogP contribution in [0.2, 0.25) is 5.15 Å². The molecule has 102 valence electrons. The number of likely N-dealkylation sites (tertiary alicyclic amines) is 1. The number of halogens is 1. The summed E-state index contributed by atoms with van der Waals surface area (Å²) in [6, 6.07) is 3.06. The third kappa shape index (κ3) is 2.95. The maximum Gasteiger partial charge on any atom is 0.260 e. The molecule has 0 aromatic carbocycles. The summed E-state index contributed by atoms with van der Waals surface area (Å²) >= 11 is 5.77. The summed E-state index contributed by atoms with van der Waals surface area (Å²) in [5.74, 6) is -0.208. The molecule has 19 heavy (non-hydrogen) atoms. The highest BCUT2D eigenvalue weighted by atomic mass is 35.5. The molecule has 0 radical (unpaired) electrons. The van der Waals surface area contributed by atoms with Gasteiger partial charge in [-0.1, -0.05) is 32.4 Å². The van der Waals surface area contributed by atoms with Crippen LogP contribution < -0.4 is 0 Å². The zero-order valence-electron chi connectivity index (χ0n) is 11.3. The first-order valence-corrected chi connectivity index (χ1v) is 6.63. The van der Waals surface area contributed by atoms with Gasteiger partial charge in [-0.15, -0.1) is 0 Å². The largest absolute Gasteiger partial charge is 0.278 e. The quantitative estimate of drug-likeness (QED) is 0.587. The van der Waals surface area contributed by atoms with E-state index in [9.17, 15) is 9.59 Å². The van der Waals surface area contributed by atoms with E-state index in [-0.39, 0.29) is 28.3 Å². The lowest BCUT2D eigenvalue weighted by molar-refractivity contribution is -0.125. The highest BCUT2D eigenvalue weighted by Crippen LogP contribution is 2.34. The van der Waals surface area contributed by atoms with Crippen molar-refractivity contribution in [3.05, 3.63) is 29.0 Å². The Kier molecular flexibility index (Phi) is 3.63. The Labute approximate surface area is 117 Å². The third-order valence-electron chi connectivity index (χ3n) is 3.57. The van der Waals surface area contributed by atoms with E-state index in [1.165, 1.54) is 17.2 Å². The highest BCUT2D eigenvalue weighted by Gasteiger charge is 2.39. The summed E-state index contributed by atoms with van der Waals surface area (Å²) in [6.07, 6.45) is 1.89. The van der Waals surface area contributed by atoms with Crippen molar-refractivity contribution in [2.24, 2.45) is 11.3 Å². The Morgan fingerprint density at radius 1 is 1.47 bits per heavy atom. The van der Waals surface area contributed by atoms with Crippen molar-refractivity contribution < 1.29 is 9.59 Å². The second-order valence-electron chi connectivity index (χ2n) is 5.94. The summed E-state index contributed by atoms with van der Waals surface area (Å²) in [5.41, 5.74) is 0.420. The molecule has 1 saturated heterocycles. The molecule has 0 aliphatic carbocycles. The maximum atomic E-state index is 12.3. The Balaban J connectivity index is 2.19. The molecule has 2 heterocycles. The Morgan fingerprint density at radius 2 is 2.16 bits per heavy atom. The smallest absolute Gasteiger partial charge is 0.260 e. The molecular weight excluding hydrogens is 264 g/mol. The second kappa shape index (κ2) is 4.93. The first kappa shape index (κ1) is 14.0. The van der Waals surface area contributed by atoms with Gasteiger partial charge in [0, 0.05) is 24.7 Å². The predicted molar refractivity (Wildman–Crippen MR) is 72.9 cm³/mol. The molecule has 1 aliphatic rings. The number of carbonyl (C=O) groups is 2. The topological polar surface area (TPSA) is 50.3 Å². The van der Waals surface area contributed by atoms with Crippen LogP contribution in [-0.2, 0) is 4.79 Å². The number of pyridine rings is 1. The van der Waals surface area contributed by atoms with Crippen LogP contribution in [0.1, 0.15) is 37.6 Å². The molecule has 0 N–H and O–H groups in total. The molecule has 0 spiro atoms. The SMILES string of the molecule is CC(C)(C)C1CC(=O)N(C(=O)c2ccnc(Cl)c2)C1. The van der Waals surface area contributed by atoms with Crippen molar-refractivity contribution in [2.45, 2.75) is 27.2 Å². The van der Waals surface area contributed by atoms with Crippen LogP contribution in [0.4, 0.5) is 0 Å².